The second-order valence-corrected chi connectivity index (χ2v) is 5.91. The second kappa shape index (κ2) is 6.20. The first-order valence-electron chi connectivity index (χ1n) is 7.85. The minimum Gasteiger partial charge on any atom is -0.469 e. The molecule has 1 aromatic rings. The number of morpholine rings is 1. The standard InChI is InChI=1S/C16H23NO4/c1-2-15-12(6-8-21-15)16(19)17-7-9-20-10-13(17)11-4-3-5-14(11)18/h6,8,11,13-14,18H,2-5,7,9-10H2,1H3/t11-,13-,14+/m1/s1. The monoisotopic (exact) mass is 293 g/mol. The van der Waals surface area contributed by atoms with Crippen LogP contribution in [0.3, 0.4) is 0 Å². The summed E-state index contributed by atoms with van der Waals surface area (Å²) in [5.41, 5.74) is 0.650. The minimum atomic E-state index is -0.318. The van der Waals surface area contributed by atoms with Crippen molar-refractivity contribution in [3.63, 3.8) is 0 Å². The predicted molar refractivity (Wildman–Crippen MR) is 77.1 cm³/mol. The highest BCUT2D eigenvalue weighted by Crippen LogP contribution is 2.33. The SMILES string of the molecule is CCc1occc1C(=O)N1CCOC[C@@H]1[C@H]1CCC[C@@H]1O. The maximum Gasteiger partial charge on any atom is 0.257 e. The zero-order valence-electron chi connectivity index (χ0n) is 12.5. The summed E-state index contributed by atoms with van der Waals surface area (Å²) in [4.78, 5) is 14.7. The minimum absolute atomic E-state index is 0.00741. The number of carbonyl (C=O) groups is 1. The Morgan fingerprint density at radius 2 is 2.33 bits per heavy atom. The zero-order chi connectivity index (χ0) is 14.8. The molecular formula is C16H23NO4. The molecule has 0 radical (unpaired) electrons. The Morgan fingerprint density at radius 1 is 1.48 bits per heavy atom. The fraction of sp³-hybridized carbons (Fsp3) is 0.688. The molecule has 0 bridgehead atoms. The molecule has 0 unspecified atom stereocenters. The zero-order valence-corrected chi connectivity index (χ0v) is 12.5. The van der Waals surface area contributed by atoms with Gasteiger partial charge in [-0.3, -0.25) is 4.79 Å². The van der Waals surface area contributed by atoms with E-state index < -0.39 is 0 Å². The number of hydrogen-bond donors (Lipinski definition) is 1. The summed E-state index contributed by atoms with van der Waals surface area (Å²) in [5.74, 6) is 0.872. The quantitative estimate of drug-likeness (QED) is 0.923. The topological polar surface area (TPSA) is 62.9 Å². The Morgan fingerprint density at radius 3 is 3.05 bits per heavy atom. The van der Waals surface area contributed by atoms with Gasteiger partial charge in [0.1, 0.15) is 5.76 Å². The molecule has 1 aromatic heterocycles. The molecule has 116 valence electrons. The third-order valence-electron chi connectivity index (χ3n) is 4.75. The Bertz CT molecular complexity index is 498. The summed E-state index contributed by atoms with van der Waals surface area (Å²) in [7, 11) is 0. The van der Waals surface area contributed by atoms with Crippen molar-refractivity contribution < 1.29 is 19.1 Å². The second-order valence-electron chi connectivity index (χ2n) is 5.91. The maximum atomic E-state index is 12.8. The number of aliphatic hydroxyl groups excluding tert-OH is 1. The van der Waals surface area contributed by atoms with Crippen LogP contribution in [0.5, 0.6) is 0 Å². The van der Waals surface area contributed by atoms with Crippen molar-refractivity contribution in [2.24, 2.45) is 5.92 Å². The number of carbonyl (C=O) groups excluding carboxylic acids is 1. The lowest BCUT2D eigenvalue weighted by Crippen LogP contribution is -2.53. The van der Waals surface area contributed by atoms with Crippen molar-refractivity contribution in [1.29, 1.82) is 0 Å². The summed E-state index contributed by atoms with van der Waals surface area (Å²) < 4.78 is 10.9. The van der Waals surface area contributed by atoms with E-state index in [1.165, 1.54) is 0 Å². The van der Waals surface area contributed by atoms with E-state index in [0.717, 1.165) is 25.0 Å². The lowest BCUT2D eigenvalue weighted by molar-refractivity contribution is -0.0384. The van der Waals surface area contributed by atoms with Crippen molar-refractivity contribution >= 4 is 5.91 Å². The van der Waals surface area contributed by atoms with Crippen LogP contribution in [0, 0.1) is 5.92 Å². The van der Waals surface area contributed by atoms with Crippen LogP contribution >= 0.6 is 0 Å². The highest BCUT2D eigenvalue weighted by Gasteiger charge is 2.40. The van der Waals surface area contributed by atoms with E-state index in [1.807, 2.05) is 11.8 Å². The molecule has 1 saturated heterocycles. The molecule has 5 nitrogen and oxygen atoms in total. The van der Waals surface area contributed by atoms with Gasteiger partial charge in [0.2, 0.25) is 0 Å². The first-order chi connectivity index (χ1) is 10.2. The van der Waals surface area contributed by atoms with Crippen LogP contribution in [0.15, 0.2) is 16.7 Å². The predicted octanol–water partition coefficient (Wildman–Crippen LogP) is 1.84. The number of aliphatic hydroxyl groups is 1. The number of aryl methyl sites for hydroxylation is 1. The number of ether oxygens (including phenoxy) is 1. The number of amides is 1. The van der Waals surface area contributed by atoms with Gasteiger partial charge in [-0.1, -0.05) is 13.3 Å². The molecule has 1 N–H and O–H groups in total. The molecule has 21 heavy (non-hydrogen) atoms. The summed E-state index contributed by atoms with van der Waals surface area (Å²) >= 11 is 0. The lowest BCUT2D eigenvalue weighted by atomic mass is 9.93. The molecule has 0 aromatic carbocycles. The molecule has 2 aliphatic rings. The Labute approximate surface area is 124 Å². The van der Waals surface area contributed by atoms with Crippen molar-refractivity contribution in [1.82, 2.24) is 4.90 Å². The van der Waals surface area contributed by atoms with Gasteiger partial charge in [-0.2, -0.15) is 0 Å². The molecule has 1 saturated carbocycles. The van der Waals surface area contributed by atoms with Crippen LogP contribution in [0.4, 0.5) is 0 Å². The molecule has 5 heteroatoms. The van der Waals surface area contributed by atoms with Gasteiger partial charge >= 0.3 is 0 Å². The van der Waals surface area contributed by atoms with Crippen LogP contribution in [-0.2, 0) is 11.2 Å². The van der Waals surface area contributed by atoms with Gasteiger partial charge in [-0.05, 0) is 18.9 Å². The van der Waals surface area contributed by atoms with Crippen LogP contribution in [0.2, 0.25) is 0 Å². The normalized spacial score (nSPS) is 29.8. The van der Waals surface area contributed by atoms with E-state index in [0.29, 0.717) is 31.7 Å². The Hall–Kier alpha value is -1.33. The number of furan rings is 1. The lowest BCUT2D eigenvalue weighted by Gasteiger charge is -2.40. The molecule has 0 spiro atoms. The van der Waals surface area contributed by atoms with E-state index in [-0.39, 0.29) is 24.0 Å². The highest BCUT2D eigenvalue weighted by atomic mass is 16.5. The third kappa shape index (κ3) is 2.72. The van der Waals surface area contributed by atoms with Gasteiger partial charge in [0.25, 0.3) is 5.91 Å². The molecule has 1 aliphatic heterocycles. The average Bonchev–Trinajstić information content (AvgIpc) is 3.14. The number of rotatable bonds is 3. The van der Waals surface area contributed by atoms with Crippen molar-refractivity contribution in [3.05, 3.63) is 23.7 Å². The van der Waals surface area contributed by atoms with E-state index in [9.17, 15) is 9.90 Å². The number of nitrogens with zero attached hydrogens (tertiary/aromatic N) is 1. The van der Waals surface area contributed by atoms with Crippen LogP contribution in [0.1, 0.15) is 42.3 Å². The van der Waals surface area contributed by atoms with Gasteiger partial charge in [0, 0.05) is 18.9 Å². The molecular weight excluding hydrogens is 270 g/mol. The van der Waals surface area contributed by atoms with Crippen molar-refractivity contribution in [3.8, 4) is 0 Å². The molecule has 1 amide bonds. The molecule has 3 rings (SSSR count). The van der Waals surface area contributed by atoms with E-state index in [4.69, 9.17) is 9.15 Å². The van der Waals surface area contributed by atoms with Gasteiger partial charge < -0.3 is 19.2 Å². The van der Waals surface area contributed by atoms with Crippen molar-refractivity contribution in [2.45, 2.75) is 44.8 Å². The smallest absolute Gasteiger partial charge is 0.257 e. The third-order valence-corrected chi connectivity index (χ3v) is 4.75. The first-order valence-corrected chi connectivity index (χ1v) is 7.85. The molecule has 1 aliphatic carbocycles. The molecule has 3 atom stereocenters. The summed E-state index contributed by atoms with van der Waals surface area (Å²) in [6, 6.07) is 1.72. The van der Waals surface area contributed by atoms with Gasteiger partial charge in [-0.25, -0.2) is 0 Å². The summed E-state index contributed by atoms with van der Waals surface area (Å²) in [6.07, 6.45) is 4.78. The Balaban J connectivity index is 1.82. The van der Waals surface area contributed by atoms with Crippen LogP contribution in [-0.4, -0.2) is 47.8 Å². The van der Waals surface area contributed by atoms with E-state index in [1.54, 1.807) is 12.3 Å². The Kier molecular flexibility index (Phi) is 4.31. The van der Waals surface area contributed by atoms with E-state index >= 15 is 0 Å². The molecule has 2 fully saturated rings. The van der Waals surface area contributed by atoms with Crippen molar-refractivity contribution in [2.75, 3.05) is 19.8 Å². The highest BCUT2D eigenvalue weighted by molar-refractivity contribution is 5.95. The molecule has 2 heterocycles. The summed E-state index contributed by atoms with van der Waals surface area (Å²) in [6.45, 7) is 3.64. The van der Waals surface area contributed by atoms with Gasteiger partial charge in [0.15, 0.2) is 0 Å². The fourth-order valence-electron chi connectivity index (χ4n) is 3.61. The van der Waals surface area contributed by atoms with Crippen LogP contribution < -0.4 is 0 Å². The first kappa shape index (κ1) is 14.6. The number of hydrogen-bond acceptors (Lipinski definition) is 4. The fourth-order valence-corrected chi connectivity index (χ4v) is 3.61. The van der Waals surface area contributed by atoms with Gasteiger partial charge in [0.05, 0.1) is 37.2 Å². The maximum absolute atomic E-state index is 12.8. The van der Waals surface area contributed by atoms with E-state index in [2.05, 4.69) is 0 Å². The summed E-state index contributed by atoms with van der Waals surface area (Å²) in [5, 5.41) is 10.2. The largest absolute Gasteiger partial charge is 0.469 e. The van der Waals surface area contributed by atoms with Crippen LogP contribution in [0.25, 0.3) is 0 Å². The van der Waals surface area contributed by atoms with Gasteiger partial charge in [-0.15, -0.1) is 0 Å². The average molecular weight is 293 g/mol.